The van der Waals surface area contributed by atoms with Crippen LogP contribution >= 0.6 is 0 Å². The Bertz CT molecular complexity index is 201. The molecule has 0 fully saturated rings. The largest absolute Gasteiger partial charge is 0.330 e. The first-order valence-corrected chi connectivity index (χ1v) is 5.39. The van der Waals surface area contributed by atoms with Gasteiger partial charge in [0.05, 0.1) is 10.5 Å². The molecular formula is C7H17NO2S. The van der Waals surface area contributed by atoms with E-state index in [9.17, 15) is 8.42 Å². The van der Waals surface area contributed by atoms with Crippen LogP contribution < -0.4 is 5.73 Å². The van der Waals surface area contributed by atoms with Gasteiger partial charge in [0.15, 0.2) is 9.84 Å². The van der Waals surface area contributed by atoms with Crippen LogP contribution in [0, 0.1) is 0 Å². The lowest BCUT2D eigenvalue weighted by atomic mass is 10.3. The first-order chi connectivity index (χ1) is 4.81. The minimum Gasteiger partial charge on any atom is -0.330 e. The van der Waals surface area contributed by atoms with E-state index in [0.29, 0.717) is 13.0 Å². The molecule has 4 heteroatoms. The molecule has 0 rings (SSSR count). The van der Waals surface area contributed by atoms with Crippen LogP contribution in [0.5, 0.6) is 0 Å². The summed E-state index contributed by atoms with van der Waals surface area (Å²) in [6.07, 6.45) is 0.555. The predicted octanol–water partition coefficient (Wildman–Crippen LogP) is 0.549. The van der Waals surface area contributed by atoms with Crippen LogP contribution in [-0.2, 0) is 9.84 Å². The zero-order chi connectivity index (χ0) is 9.12. The first kappa shape index (κ1) is 10.9. The average Bonchev–Trinajstić information content (AvgIpc) is 1.81. The summed E-state index contributed by atoms with van der Waals surface area (Å²) in [5.74, 6) is 0.201. The highest BCUT2D eigenvalue weighted by molar-refractivity contribution is 7.92. The van der Waals surface area contributed by atoms with Crippen molar-refractivity contribution in [1.82, 2.24) is 0 Å². The summed E-state index contributed by atoms with van der Waals surface area (Å²) in [5.41, 5.74) is 5.21. The highest BCUT2D eigenvalue weighted by Crippen LogP contribution is 2.16. The maximum Gasteiger partial charge on any atom is 0.155 e. The van der Waals surface area contributed by atoms with Gasteiger partial charge in [-0.05, 0) is 33.7 Å². The van der Waals surface area contributed by atoms with Gasteiger partial charge in [0.25, 0.3) is 0 Å². The molecule has 0 aromatic carbocycles. The van der Waals surface area contributed by atoms with Crippen LogP contribution in [0.25, 0.3) is 0 Å². The molecule has 3 nitrogen and oxygen atoms in total. The number of nitrogens with two attached hydrogens (primary N) is 1. The Hall–Kier alpha value is -0.0900. The van der Waals surface area contributed by atoms with Crippen molar-refractivity contribution in [2.24, 2.45) is 5.73 Å². The summed E-state index contributed by atoms with van der Waals surface area (Å²) >= 11 is 0. The lowest BCUT2D eigenvalue weighted by Crippen LogP contribution is -2.31. The molecule has 0 heterocycles. The zero-order valence-electron chi connectivity index (χ0n) is 7.42. The predicted molar refractivity (Wildman–Crippen MR) is 47.2 cm³/mol. The van der Waals surface area contributed by atoms with Gasteiger partial charge in [0.1, 0.15) is 0 Å². The van der Waals surface area contributed by atoms with Crippen molar-refractivity contribution >= 4 is 9.84 Å². The summed E-state index contributed by atoms with van der Waals surface area (Å²) < 4.78 is 22.1. The topological polar surface area (TPSA) is 60.2 Å². The Morgan fingerprint density at radius 2 is 1.73 bits per heavy atom. The lowest BCUT2D eigenvalue weighted by molar-refractivity contribution is 0.558. The molecule has 68 valence electrons. The van der Waals surface area contributed by atoms with Gasteiger partial charge in [-0.25, -0.2) is 8.42 Å². The van der Waals surface area contributed by atoms with Crippen molar-refractivity contribution in [3.63, 3.8) is 0 Å². The fraction of sp³-hybridized carbons (Fsp3) is 1.00. The number of sulfone groups is 1. The van der Waals surface area contributed by atoms with E-state index in [-0.39, 0.29) is 5.75 Å². The Kier molecular flexibility index (Phi) is 3.51. The molecule has 0 unspecified atom stereocenters. The molecule has 0 saturated heterocycles. The third kappa shape index (κ3) is 3.20. The fourth-order valence-corrected chi connectivity index (χ4v) is 1.74. The molecule has 0 spiro atoms. The fourth-order valence-electron chi connectivity index (χ4n) is 0.580. The molecular weight excluding hydrogens is 162 g/mol. The van der Waals surface area contributed by atoms with E-state index < -0.39 is 14.6 Å². The van der Waals surface area contributed by atoms with E-state index in [1.807, 2.05) is 0 Å². The average molecular weight is 179 g/mol. The van der Waals surface area contributed by atoms with Crippen molar-refractivity contribution in [2.75, 3.05) is 12.3 Å². The van der Waals surface area contributed by atoms with Crippen molar-refractivity contribution in [1.29, 1.82) is 0 Å². The van der Waals surface area contributed by atoms with Gasteiger partial charge >= 0.3 is 0 Å². The minimum absolute atomic E-state index is 0.201. The second-order valence-corrected chi connectivity index (χ2v) is 6.44. The Morgan fingerprint density at radius 3 is 2.00 bits per heavy atom. The molecule has 0 atom stereocenters. The molecule has 0 amide bonds. The van der Waals surface area contributed by atoms with Gasteiger partial charge in [0, 0.05) is 0 Å². The highest BCUT2D eigenvalue weighted by atomic mass is 32.2. The van der Waals surface area contributed by atoms with Gasteiger partial charge in [-0.3, -0.25) is 0 Å². The van der Waals surface area contributed by atoms with Crippen LogP contribution in [0.1, 0.15) is 27.2 Å². The second-order valence-electron chi connectivity index (χ2n) is 3.57. The van der Waals surface area contributed by atoms with Gasteiger partial charge in [-0.2, -0.15) is 0 Å². The second kappa shape index (κ2) is 3.54. The number of hydrogen-bond acceptors (Lipinski definition) is 3. The molecule has 0 aromatic rings. The summed E-state index contributed by atoms with van der Waals surface area (Å²) in [5, 5.41) is 0. The van der Waals surface area contributed by atoms with Gasteiger partial charge in [-0.15, -0.1) is 0 Å². The van der Waals surface area contributed by atoms with Crippen LogP contribution in [0.4, 0.5) is 0 Å². The Balaban J connectivity index is 4.26. The van der Waals surface area contributed by atoms with Crippen LogP contribution in [0.2, 0.25) is 0 Å². The van der Waals surface area contributed by atoms with Crippen molar-refractivity contribution < 1.29 is 8.42 Å². The Morgan fingerprint density at radius 1 is 1.27 bits per heavy atom. The normalized spacial score (nSPS) is 13.5. The summed E-state index contributed by atoms with van der Waals surface area (Å²) in [4.78, 5) is 0. The number of rotatable bonds is 3. The van der Waals surface area contributed by atoms with E-state index in [4.69, 9.17) is 5.73 Å². The summed E-state index contributed by atoms with van der Waals surface area (Å²) in [6, 6.07) is 0. The molecule has 0 radical (unpaired) electrons. The maximum atomic E-state index is 11.4. The first-order valence-electron chi connectivity index (χ1n) is 3.73. The van der Waals surface area contributed by atoms with Crippen LogP contribution in [0.3, 0.4) is 0 Å². The van der Waals surface area contributed by atoms with Gasteiger partial charge in [-0.1, -0.05) is 0 Å². The monoisotopic (exact) mass is 179 g/mol. The number of hydrogen-bond donors (Lipinski definition) is 1. The summed E-state index contributed by atoms with van der Waals surface area (Å²) in [7, 11) is -2.94. The summed E-state index contributed by atoms with van der Waals surface area (Å²) in [6.45, 7) is 5.56. The molecule has 11 heavy (non-hydrogen) atoms. The molecule has 0 aliphatic carbocycles. The lowest BCUT2D eigenvalue weighted by Gasteiger charge is -2.18. The third-order valence-electron chi connectivity index (χ3n) is 1.55. The van der Waals surface area contributed by atoms with Crippen molar-refractivity contribution in [2.45, 2.75) is 31.9 Å². The molecule has 0 bridgehead atoms. The van der Waals surface area contributed by atoms with E-state index in [0.717, 1.165) is 0 Å². The van der Waals surface area contributed by atoms with E-state index >= 15 is 0 Å². The molecule has 0 aliphatic heterocycles. The van der Waals surface area contributed by atoms with Crippen molar-refractivity contribution in [3.8, 4) is 0 Å². The highest BCUT2D eigenvalue weighted by Gasteiger charge is 2.27. The van der Waals surface area contributed by atoms with Crippen LogP contribution in [-0.4, -0.2) is 25.5 Å². The molecule has 0 saturated carbocycles. The third-order valence-corrected chi connectivity index (χ3v) is 4.24. The SMILES string of the molecule is CC(C)(C)S(=O)(=O)CCCN. The van der Waals surface area contributed by atoms with E-state index in [1.54, 1.807) is 20.8 Å². The molecule has 0 aliphatic rings. The maximum absolute atomic E-state index is 11.4. The van der Waals surface area contributed by atoms with Gasteiger partial charge < -0.3 is 5.73 Å². The standard InChI is InChI=1S/C7H17NO2S/c1-7(2,3)11(9,10)6-4-5-8/h4-6,8H2,1-3H3. The smallest absolute Gasteiger partial charge is 0.155 e. The van der Waals surface area contributed by atoms with E-state index in [2.05, 4.69) is 0 Å². The Labute approximate surface area is 68.9 Å². The molecule has 0 aromatic heterocycles. The quantitative estimate of drug-likeness (QED) is 0.688. The zero-order valence-corrected chi connectivity index (χ0v) is 8.24. The van der Waals surface area contributed by atoms with Crippen LogP contribution in [0.15, 0.2) is 0 Å². The van der Waals surface area contributed by atoms with E-state index in [1.165, 1.54) is 0 Å². The van der Waals surface area contributed by atoms with Gasteiger partial charge in [0.2, 0.25) is 0 Å². The minimum atomic E-state index is -2.94. The molecule has 2 N–H and O–H groups in total. The van der Waals surface area contributed by atoms with Crippen molar-refractivity contribution in [3.05, 3.63) is 0 Å².